The third-order valence-electron chi connectivity index (χ3n) is 4.07. The lowest BCUT2D eigenvalue weighted by atomic mass is 10.1. The maximum absolute atomic E-state index is 4.84. The van der Waals surface area contributed by atoms with Crippen LogP contribution < -0.4 is 0 Å². The molecule has 0 spiro atoms. The minimum Gasteiger partial charge on any atom is -0.255 e. The van der Waals surface area contributed by atoms with Crippen molar-refractivity contribution in [3.8, 4) is 11.4 Å². The molecular formula is C24H22N4. The summed E-state index contributed by atoms with van der Waals surface area (Å²) in [5.74, 6) is 0. The van der Waals surface area contributed by atoms with E-state index in [0.717, 1.165) is 34.9 Å². The zero-order chi connectivity index (χ0) is 19.8. The first kappa shape index (κ1) is 19.1. The topological polar surface area (TPSA) is 50.5 Å². The van der Waals surface area contributed by atoms with Gasteiger partial charge in [-0.15, -0.1) is 0 Å². The molecule has 28 heavy (non-hydrogen) atoms. The van der Waals surface area contributed by atoms with Crippen molar-refractivity contribution in [2.45, 2.75) is 13.3 Å². The van der Waals surface area contributed by atoms with Gasteiger partial charge in [-0.1, -0.05) is 43.0 Å². The zero-order valence-corrected chi connectivity index (χ0v) is 15.9. The predicted molar refractivity (Wildman–Crippen MR) is 117 cm³/mol. The molecule has 0 unspecified atom stereocenters. The lowest BCUT2D eigenvalue weighted by Crippen LogP contribution is -2.05. The predicted octanol–water partition coefficient (Wildman–Crippen LogP) is 5.49. The highest BCUT2D eigenvalue weighted by Crippen LogP contribution is 2.19. The van der Waals surface area contributed by atoms with E-state index < -0.39 is 0 Å². The Balaban J connectivity index is 2.03. The molecule has 0 amide bonds. The molecule has 138 valence electrons. The van der Waals surface area contributed by atoms with E-state index in [-0.39, 0.29) is 0 Å². The average Bonchev–Trinajstić information content (AvgIpc) is 2.94. The molecule has 0 atom stereocenters. The molecule has 0 aromatic carbocycles. The maximum atomic E-state index is 4.84. The Kier molecular flexibility index (Phi) is 6.37. The van der Waals surface area contributed by atoms with Gasteiger partial charge < -0.3 is 0 Å². The highest BCUT2D eigenvalue weighted by molar-refractivity contribution is 6.14. The number of allylic oxidation sites excluding steroid dienone is 6. The van der Waals surface area contributed by atoms with Crippen LogP contribution in [0.1, 0.15) is 19.0 Å². The quantitative estimate of drug-likeness (QED) is 0.501. The van der Waals surface area contributed by atoms with Gasteiger partial charge in [-0.05, 0) is 55.8 Å². The monoisotopic (exact) mass is 366 g/mol. The van der Waals surface area contributed by atoms with Crippen molar-refractivity contribution in [2.75, 3.05) is 0 Å². The van der Waals surface area contributed by atoms with Gasteiger partial charge >= 0.3 is 0 Å². The van der Waals surface area contributed by atoms with Crippen molar-refractivity contribution < 1.29 is 0 Å². The molecule has 0 bridgehead atoms. The molecule has 2 aromatic rings. The number of nitrogens with zero attached hydrogens (tertiary/aromatic N) is 4. The van der Waals surface area contributed by atoms with E-state index >= 15 is 0 Å². The van der Waals surface area contributed by atoms with Crippen LogP contribution in [-0.4, -0.2) is 21.4 Å². The molecule has 3 heterocycles. The number of hydrogen-bond donors (Lipinski definition) is 0. The zero-order valence-electron chi connectivity index (χ0n) is 15.9. The van der Waals surface area contributed by atoms with Crippen LogP contribution >= 0.6 is 0 Å². The van der Waals surface area contributed by atoms with E-state index in [9.17, 15) is 0 Å². The standard InChI is InChI=1S/C24H22N4/c1-4-6-15-25-19(5-2)23-14-13-18(3)17-24(28-23)22-12-9-11-21(27-22)20-10-7-8-16-26-20/h4-12,14-17H,1-2,13H2,3H3/b15-6-,25-19?. The van der Waals surface area contributed by atoms with Crippen LogP contribution in [0.5, 0.6) is 0 Å². The highest BCUT2D eigenvalue weighted by Gasteiger charge is 2.12. The number of aromatic nitrogens is 2. The fourth-order valence-electron chi connectivity index (χ4n) is 2.69. The smallest absolute Gasteiger partial charge is 0.0894 e. The van der Waals surface area contributed by atoms with Crippen LogP contribution in [0.3, 0.4) is 0 Å². The second kappa shape index (κ2) is 9.33. The van der Waals surface area contributed by atoms with E-state index in [1.807, 2.05) is 36.4 Å². The van der Waals surface area contributed by atoms with Gasteiger partial charge in [0.15, 0.2) is 0 Å². The van der Waals surface area contributed by atoms with Gasteiger partial charge in [-0.3, -0.25) is 9.98 Å². The molecular weight excluding hydrogens is 344 g/mol. The Morgan fingerprint density at radius 1 is 1.07 bits per heavy atom. The van der Waals surface area contributed by atoms with Crippen molar-refractivity contribution in [1.82, 2.24) is 9.97 Å². The molecule has 1 aliphatic rings. The summed E-state index contributed by atoms with van der Waals surface area (Å²) in [4.78, 5) is 18.4. The second-order valence-corrected chi connectivity index (χ2v) is 6.20. The van der Waals surface area contributed by atoms with Crippen molar-refractivity contribution >= 4 is 11.4 Å². The van der Waals surface area contributed by atoms with Crippen LogP contribution in [-0.2, 0) is 0 Å². The Hall–Kier alpha value is -3.66. The lowest BCUT2D eigenvalue weighted by molar-refractivity contribution is 1.21. The molecule has 0 fully saturated rings. The third-order valence-corrected chi connectivity index (χ3v) is 4.07. The highest BCUT2D eigenvalue weighted by atomic mass is 14.9. The minimum absolute atomic E-state index is 0.708. The van der Waals surface area contributed by atoms with Gasteiger partial charge in [-0.25, -0.2) is 9.98 Å². The van der Waals surface area contributed by atoms with Crippen LogP contribution in [0.15, 0.2) is 114 Å². The maximum Gasteiger partial charge on any atom is 0.0894 e. The second-order valence-electron chi connectivity index (χ2n) is 6.20. The van der Waals surface area contributed by atoms with E-state index in [4.69, 9.17) is 9.98 Å². The Labute approximate surface area is 165 Å². The van der Waals surface area contributed by atoms with Gasteiger partial charge in [-0.2, -0.15) is 0 Å². The molecule has 4 heteroatoms. The summed E-state index contributed by atoms with van der Waals surface area (Å²) >= 11 is 0. The fourth-order valence-corrected chi connectivity index (χ4v) is 2.69. The summed E-state index contributed by atoms with van der Waals surface area (Å²) in [6.45, 7) is 9.62. The van der Waals surface area contributed by atoms with Gasteiger partial charge in [0.1, 0.15) is 0 Å². The van der Waals surface area contributed by atoms with E-state index in [1.165, 1.54) is 5.57 Å². The van der Waals surface area contributed by atoms with Crippen LogP contribution in [0.4, 0.5) is 0 Å². The number of pyridine rings is 2. The van der Waals surface area contributed by atoms with Gasteiger partial charge in [0, 0.05) is 12.4 Å². The van der Waals surface area contributed by atoms with Crippen LogP contribution in [0.2, 0.25) is 0 Å². The molecule has 0 N–H and O–H groups in total. The Morgan fingerprint density at radius 2 is 1.89 bits per heavy atom. The van der Waals surface area contributed by atoms with E-state index in [2.05, 4.69) is 42.2 Å². The summed E-state index contributed by atoms with van der Waals surface area (Å²) in [5, 5.41) is 0. The summed E-state index contributed by atoms with van der Waals surface area (Å²) in [6, 6.07) is 11.7. The van der Waals surface area contributed by atoms with Gasteiger partial charge in [0.25, 0.3) is 0 Å². The van der Waals surface area contributed by atoms with Crippen molar-refractivity contribution in [3.63, 3.8) is 0 Å². The first-order valence-corrected chi connectivity index (χ1v) is 9.04. The molecule has 0 saturated carbocycles. The third kappa shape index (κ3) is 4.74. The normalized spacial score (nSPS) is 14.8. The van der Waals surface area contributed by atoms with Crippen LogP contribution in [0.25, 0.3) is 11.4 Å². The number of aliphatic imine (C=N–C) groups is 2. The van der Waals surface area contributed by atoms with Crippen molar-refractivity contribution in [3.05, 3.63) is 109 Å². The number of rotatable bonds is 6. The Bertz CT molecular complexity index is 1020. The summed E-state index contributed by atoms with van der Waals surface area (Å²) in [7, 11) is 0. The molecule has 1 aliphatic heterocycles. The summed E-state index contributed by atoms with van der Waals surface area (Å²) in [5.41, 5.74) is 5.91. The van der Waals surface area contributed by atoms with Gasteiger partial charge in [0.05, 0.1) is 34.2 Å². The molecule has 0 saturated heterocycles. The van der Waals surface area contributed by atoms with E-state index in [0.29, 0.717) is 5.71 Å². The SMILES string of the molecule is C=C/C=C\N=C(C=C)C1=CCC(C)=CC(c2cccc(-c3ccccn3)n2)=N1. The molecule has 2 aromatic heterocycles. The fraction of sp³-hybridized carbons (Fsp3) is 0.0833. The first-order valence-electron chi connectivity index (χ1n) is 9.04. The lowest BCUT2D eigenvalue weighted by Gasteiger charge is -2.06. The van der Waals surface area contributed by atoms with Crippen LogP contribution in [0, 0.1) is 0 Å². The molecule has 3 rings (SSSR count). The largest absolute Gasteiger partial charge is 0.255 e. The molecule has 4 nitrogen and oxygen atoms in total. The Morgan fingerprint density at radius 3 is 2.64 bits per heavy atom. The molecule has 0 radical (unpaired) electrons. The summed E-state index contributed by atoms with van der Waals surface area (Å²) < 4.78 is 0. The average molecular weight is 366 g/mol. The number of hydrogen-bond acceptors (Lipinski definition) is 4. The van der Waals surface area contributed by atoms with Crippen molar-refractivity contribution in [1.29, 1.82) is 0 Å². The van der Waals surface area contributed by atoms with Crippen molar-refractivity contribution in [2.24, 2.45) is 9.98 Å². The molecule has 0 aliphatic carbocycles. The first-order chi connectivity index (χ1) is 13.7. The minimum atomic E-state index is 0.708. The summed E-state index contributed by atoms with van der Waals surface area (Å²) in [6.07, 6.45) is 13.5. The van der Waals surface area contributed by atoms with E-state index in [1.54, 1.807) is 30.6 Å². The van der Waals surface area contributed by atoms with Gasteiger partial charge in [0.2, 0.25) is 0 Å².